The van der Waals surface area contributed by atoms with Crippen molar-refractivity contribution in [3.63, 3.8) is 0 Å². The van der Waals surface area contributed by atoms with Gasteiger partial charge in [-0.1, -0.05) is 41.9 Å². The van der Waals surface area contributed by atoms with E-state index in [1.807, 2.05) is 24.3 Å². The van der Waals surface area contributed by atoms with Crippen LogP contribution in [0.25, 0.3) is 11.4 Å². The molecule has 3 nitrogen and oxygen atoms in total. The highest BCUT2D eigenvalue weighted by molar-refractivity contribution is 9.10. The fraction of sp³-hybridized carbons (Fsp3) is 0.375. The van der Waals surface area contributed by atoms with E-state index < -0.39 is 0 Å². The van der Waals surface area contributed by atoms with Gasteiger partial charge in [-0.3, -0.25) is 0 Å². The Morgan fingerprint density at radius 1 is 1.10 bits per heavy atom. The topological polar surface area (TPSA) is 37.8 Å². The van der Waals surface area contributed by atoms with Crippen LogP contribution in [0.5, 0.6) is 0 Å². The van der Waals surface area contributed by atoms with E-state index in [0.29, 0.717) is 0 Å². The molecule has 0 unspecified atom stereocenters. The molecule has 0 bridgehead atoms. The number of hydrogen-bond acceptors (Lipinski definition) is 3. The molecule has 0 amide bonds. The van der Waals surface area contributed by atoms with Gasteiger partial charge in [0.1, 0.15) is 5.82 Å². The average molecular weight is 334 g/mol. The summed E-state index contributed by atoms with van der Waals surface area (Å²) in [6.45, 7) is 7.30. The van der Waals surface area contributed by atoms with Crippen molar-refractivity contribution < 1.29 is 0 Å². The monoisotopic (exact) mass is 333 g/mol. The molecule has 0 aliphatic heterocycles. The van der Waals surface area contributed by atoms with Crippen molar-refractivity contribution in [2.24, 2.45) is 0 Å². The highest BCUT2D eigenvalue weighted by Gasteiger charge is 2.10. The van der Waals surface area contributed by atoms with Gasteiger partial charge in [-0.15, -0.1) is 0 Å². The van der Waals surface area contributed by atoms with Gasteiger partial charge in [0, 0.05) is 27.8 Å². The van der Waals surface area contributed by atoms with Crippen LogP contribution in [0, 0.1) is 6.92 Å². The Bertz CT molecular complexity index is 579. The Balaban J connectivity index is 2.44. The van der Waals surface area contributed by atoms with Crippen LogP contribution in [0.2, 0.25) is 0 Å². The zero-order valence-electron chi connectivity index (χ0n) is 12.2. The van der Waals surface area contributed by atoms with Crippen molar-refractivity contribution in [3.8, 4) is 11.4 Å². The molecule has 0 saturated carbocycles. The van der Waals surface area contributed by atoms with Crippen molar-refractivity contribution >= 4 is 21.7 Å². The molecule has 2 rings (SSSR count). The smallest absolute Gasteiger partial charge is 0.161 e. The zero-order valence-corrected chi connectivity index (χ0v) is 13.8. The van der Waals surface area contributed by atoms with Crippen molar-refractivity contribution in [1.82, 2.24) is 9.97 Å². The second-order valence-corrected chi connectivity index (χ2v) is 5.67. The molecule has 0 atom stereocenters. The van der Waals surface area contributed by atoms with Crippen molar-refractivity contribution in [1.29, 1.82) is 0 Å². The summed E-state index contributed by atoms with van der Waals surface area (Å²) in [4.78, 5) is 9.37. The first-order valence-electron chi connectivity index (χ1n) is 7.03. The maximum absolute atomic E-state index is 4.69. The summed E-state index contributed by atoms with van der Waals surface area (Å²) >= 11 is 3.45. The third kappa shape index (κ3) is 3.37. The van der Waals surface area contributed by atoms with Crippen LogP contribution in [0.4, 0.5) is 5.82 Å². The maximum atomic E-state index is 4.69. The Morgan fingerprint density at radius 3 is 2.40 bits per heavy atom. The molecule has 0 aliphatic carbocycles. The lowest BCUT2D eigenvalue weighted by atomic mass is 10.1. The third-order valence-electron chi connectivity index (χ3n) is 3.23. The number of aryl methyl sites for hydroxylation is 1. The van der Waals surface area contributed by atoms with Crippen LogP contribution in [-0.4, -0.2) is 16.5 Å². The number of anilines is 1. The molecule has 2 aromatic rings. The Kier molecular flexibility index (Phi) is 5.12. The van der Waals surface area contributed by atoms with Gasteiger partial charge in [-0.2, -0.15) is 0 Å². The molecule has 1 N–H and O–H groups in total. The Labute approximate surface area is 129 Å². The largest absolute Gasteiger partial charge is 0.370 e. The molecular weight excluding hydrogens is 314 g/mol. The summed E-state index contributed by atoms with van der Waals surface area (Å²) in [7, 11) is 0. The molecule has 1 aromatic carbocycles. The number of nitrogens with zero attached hydrogens (tertiary/aromatic N) is 2. The highest BCUT2D eigenvalue weighted by Crippen LogP contribution is 2.23. The normalized spacial score (nSPS) is 10.6. The molecule has 106 valence electrons. The summed E-state index contributed by atoms with van der Waals surface area (Å²) < 4.78 is 1.06. The molecule has 1 heterocycles. The quantitative estimate of drug-likeness (QED) is 0.868. The van der Waals surface area contributed by atoms with Gasteiger partial charge in [-0.25, -0.2) is 9.97 Å². The van der Waals surface area contributed by atoms with Crippen LogP contribution in [0.3, 0.4) is 0 Å². The molecule has 0 aliphatic rings. The fourth-order valence-corrected chi connectivity index (χ4v) is 2.32. The molecule has 20 heavy (non-hydrogen) atoms. The Morgan fingerprint density at radius 2 is 1.80 bits per heavy atom. The van der Waals surface area contributed by atoms with E-state index in [2.05, 4.69) is 47.0 Å². The molecule has 4 heteroatoms. The van der Waals surface area contributed by atoms with E-state index in [1.165, 1.54) is 0 Å². The first-order valence-corrected chi connectivity index (χ1v) is 7.82. The van der Waals surface area contributed by atoms with Gasteiger partial charge >= 0.3 is 0 Å². The number of halogens is 1. The lowest BCUT2D eigenvalue weighted by molar-refractivity contribution is 0.936. The molecule has 0 radical (unpaired) electrons. The molecular formula is C16H20BrN3. The van der Waals surface area contributed by atoms with E-state index in [4.69, 9.17) is 4.98 Å². The highest BCUT2D eigenvalue weighted by atomic mass is 79.9. The van der Waals surface area contributed by atoms with E-state index in [-0.39, 0.29) is 0 Å². The first-order chi connectivity index (χ1) is 9.65. The number of nitrogens with one attached hydrogen (secondary N) is 1. The summed E-state index contributed by atoms with van der Waals surface area (Å²) in [6.07, 6.45) is 2.00. The predicted molar refractivity (Wildman–Crippen MR) is 88.1 cm³/mol. The first kappa shape index (κ1) is 15.0. The van der Waals surface area contributed by atoms with Crippen LogP contribution in [0.15, 0.2) is 28.7 Å². The minimum atomic E-state index is 0.790. The minimum Gasteiger partial charge on any atom is -0.370 e. The predicted octanol–water partition coefficient (Wildman–Crippen LogP) is 4.60. The lowest BCUT2D eigenvalue weighted by Gasteiger charge is -2.13. The van der Waals surface area contributed by atoms with Crippen molar-refractivity contribution in [2.75, 3.05) is 11.9 Å². The van der Waals surface area contributed by atoms with Crippen molar-refractivity contribution in [2.45, 2.75) is 33.6 Å². The second kappa shape index (κ2) is 6.84. The SMILES string of the molecule is CCCNc1nc(-c2ccc(Br)cc2)nc(CC)c1C. The lowest BCUT2D eigenvalue weighted by Crippen LogP contribution is -2.08. The summed E-state index contributed by atoms with van der Waals surface area (Å²) in [6, 6.07) is 8.11. The van der Waals surface area contributed by atoms with Gasteiger partial charge in [0.2, 0.25) is 0 Å². The van der Waals surface area contributed by atoms with Gasteiger partial charge in [0.15, 0.2) is 5.82 Å². The maximum Gasteiger partial charge on any atom is 0.161 e. The van der Waals surface area contributed by atoms with Crippen molar-refractivity contribution in [3.05, 3.63) is 40.0 Å². The summed E-state index contributed by atoms with van der Waals surface area (Å²) in [5.41, 5.74) is 3.31. The van der Waals surface area contributed by atoms with Gasteiger partial charge in [0.05, 0.1) is 0 Å². The van der Waals surface area contributed by atoms with Crippen LogP contribution < -0.4 is 5.32 Å². The van der Waals surface area contributed by atoms with Crippen LogP contribution in [0.1, 0.15) is 31.5 Å². The number of rotatable bonds is 5. The number of aromatic nitrogens is 2. The van der Waals surface area contributed by atoms with Gasteiger partial charge in [0.25, 0.3) is 0 Å². The van der Waals surface area contributed by atoms with E-state index in [9.17, 15) is 0 Å². The molecule has 0 fully saturated rings. The third-order valence-corrected chi connectivity index (χ3v) is 3.76. The van der Waals surface area contributed by atoms with E-state index >= 15 is 0 Å². The average Bonchev–Trinajstić information content (AvgIpc) is 2.47. The van der Waals surface area contributed by atoms with Gasteiger partial charge in [-0.05, 0) is 31.9 Å². The molecule has 0 spiro atoms. The summed E-state index contributed by atoms with van der Waals surface area (Å²) in [5.74, 6) is 1.75. The second-order valence-electron chi connectivity index (χ2n) is 4.75. The minimum absolute atomic E-state index is 0.790. The summed E-state index contributed by atoms with van der Waals surface area (Å²) in [5, 5.41) is 3.40. The van der Waals surface area contributed by atoms with Crippen LogP contribution >= 0.6 is 15.9 Å². The van der Waals surface area contributed by atoms with E-state index in [1.54, 1.807) is 0 Å². The fourth-order valence-electron chi connectivity index (χ4n) is 2.05. The number of benzene rings is 1. The van der Waals surface area contributed by atoms with E-state index in [0.717, 1.165) is 52.3 Å². The molecule has 0 saturated heterocycles. The number of hydrogen-bond donors (Lipinski definition) is 1. The Hall–Kier alpha value is -1.42. The van der Waals surface area contributed by atoms with Gasteiger partial charge < -0.3 is 5.32 Å². The molecule has 1 aromatic heterocycles. The standard InChI is InChI=1S/C16H20BrN3/c1-4-10-18-15-11(3)14(5-2)19-16(20-15)12-6-8-13(17)9-7-12/h6-9H,4-5,10H2,1-3H3,(H,18,19,20). The zero-order chi connectivity index (χ0) is 14.5. The van der Waals surface area contributed by atoms with Crippen LogP contribution in [-0.2, 0) is 6.42 Å².